The number of benzene rings is 12. The zero-order chi connectivity index (χ0) is 62.9. The number of para-hydroxylation sites is 1. The van der Waals surface area contributed by atoms with Crippen LogP contribution in [-0.2, 0) is 10.8 Å². The lowest BCUT2D eigenvalue weighted by atomic mass is 9.66. The summed E-state index contributed by atoms with van der Waals surface area (Å²) in [4.78, 5) is 2.47. The van der Waals surface area contributed by atoms with Crippen LogP contribution in [-0.4, -0.2) is 11.2 Å². The van der Waals surface area contributed by atoms with Crippen molar-refractivity contribution in [2.75, 3.05) is 11.5 Å². The molecule has 1 aliphatic rings. The Bertz CT molecular complexity index is 4760. The molecule has 13 aromatic rings. The van der Waals surface area contributed by atoms with E-state index in [1.165, 1.54) is 94.1 Å². The third-order valence-corrected chi connectivity index (χ3v) is 19.3. The maximum atomic E-state index is 6.49. The topological polar surface area (TPSA) is 17.4 Å². The molecule has 12 aromatic carbocycles. The Morgan fingerprint density at radius 2 is 0.870 bits per heavy atom. The van der Waals surface area contributed by atoms with Crippen molar-refractivity contribution in [3.05, 3.63) is 332 Å². The molecule has 0 saturated carbocycles. The Kier molecular flexibility index (Phi) is 16.1. The molecule has 0 spiro atoms. The van der Waals surface area contributed by atoms with Gasteiger partial charge in [0, 0.05) is 38.9 Å². The van der Waals surface area contributed by atoms with Gasteiger partial charge in [0.15, 0.2) is 0 Å². The molecule has 0 amide bonds. The van der Waals surface area contributed by atoms with Crippen molar-refractivity contribution >= 4 is 51.0 Å². The summed E-state index contributed by atoms with van der Waals surface area (Å²) in [7, 11) is 0. The van der Waals surface area contributed by atoms with Crippen LogP contribution in [0.1, 0.15) is 87.3 Å². The number of anilines is 3. The highest BCUT2D eigenvalue weighted by Gasteiger charge is 2.46. The average Bonchev–Trinajstić information content (AvgIpc) is 1.79. The van der Waals surface area contributed by atoms with Gasteiger partial charge < -0.3 is 14.2 Å². The molecule has 0 saturated heterocycles. The van der Waals surface area contributed by atoms with Crippen molar-refractivity contribution < 1.29 is 4.74 Å². The predicted molar refractivity (Wildman–Crippen MR) is 392 cm³/mol. The van der Waals surface area contributed by atoms with Gasteiger partial charge in [-0.3, -0.25) is 0 Å². The third kappa shape index (κ3) is 11.5. The SMILES string of the molecule is C=Cc1ccc(-c2ccc(OCC(C)CCC(C)CC3(c4ccc(C(C)(C)C)cc4)c4ccccc4-c4ccc(N(c5ccc(-c6ccccc6)cc5)c5ccc(-c6ccc7c(c6)c6cc(-c8ccc(C=C)cc8)ccc6n7-c6ccccc6)cc5)cc43)cc2)cc1. The highest BCUT2D eigenvalue weighted by Crippen LogP contribution is 2.57. The molecule has 3 nitrogen and oxygen atoms in total. The molecule has 0 fully saturated rings. The molecule has 14 rings (SSSR count). The van der Waals surface area contributed by atoms with Crippen LogP contribution in [0.5, 0.6) is 5.75 Å². The van der Waals surface area contributed by atoms with Gasteiger partial charge in [-0.25, -0.2) is 0 Å². The fraction of sp³-hybridized carbons (Fsp3) is 0.146. The first-order chi connectivity index (χ1) is 44.9. The molecule has 0 aliphatic heterocycles. The quantitative estimate of drug-likeness (QED) is 0.0803. The summed E-state index contributed by atoms with van der Waals surface area (Å²) in [6.07, 6.45) is 6.87. The number of ether oxygens (including phenoxy) is 1. The summed E-state index contributed by atoms with van der Waals surface area (Å²) >= 11 is 0. The molecule has 1 aliphatic carbocycles. The molecule has 0 N–H and O–H groups in total. The lowest BCUT2D eigenvalue weighted by Crippen LogP contribution is -2.30. The Morgan fingerprint density at radius 1 is 0.424 bits per heavy atom. The number of fused-ring (bicyclic) bond motifs is 6. The summed E-state index contributed by atoms with van der Waals surface area (Å²) in [5.74, 6) is 1.66. The molecule has 1 heterocycles. The Morgan fingerprint density at radius 3 is 1.41 bits per heavy atom. The number of aromatic nitrogens is 1. The van der Waals surface area contributed by atoms with Crippen molar-refractivity contribution in [3.8, 4) is 67.1 Å². The van der Waals surface area contributed by atoms with Crippen LogP contribution in [0.25, 0.3) is 95.3 Å². The predicted octanol–water partition coefficient (Wildman–Crippen LogP) is 24.3. The van der Waals surface area contributed by atoms with Crippen molar-refractivity contribution in [1.29, 1.82) is 0 Å². The average molecular weight is 1190 g/mol. The van der Waals surface area contributed by atoms with Gasteiger partial charge in [0.1, 0.15) is 5.75 Å². The first-order valence-electron chi connectivity index (χ1n) is 32.7. The van der Waals surface area contributed by atoms with E-state index in [1.807, 2.05) is 12.2 Å². The van der Waals surface area contributed by atoms with Crippen molar-refractivity contribution in [3.63, 3.8) is 0 Å². The molecular formula is C89H78N2O. The monoisotopic (exact) mass is 1190 g/mol. The van der Waals surface area contributed by atoms with Gasteiger partial charge in [-0.1, -0.05) is 267 Å². The Hall–Kier alpha value is -10.5. The third-order valence-electron chi connectivity index (χ3n) is 19.3. The second-order valence-electron chi connectivity index (χ2n) is 26.4. The van der Waals surface area contributed by atoms with Gasteiger partial charge in [-0.15, -0.1) is 0 Å². The van der Waals surface area contributed by atoms with Crippen LogP contribution in [0, 0.1) is 11.8 Å². The van der Waals surface area contributed by atoms with Gasteiger partial charge in [0.2, 0.25) is 0 Å². The molecule has 1 aromatic heterocycles. The maximum absolute atomic E-state index is 6.49. The van der Waals surface area contributed by atoms with E-state index in [9.17, 15) is 0 Å². The summed E-state index contributed by atoms with van der Waals surface area (Å²) in [6.45, 7) is 20.3. The second kappa shape index (κ2) is 25.1. The van der Waals surface area contributed by atoms with Crippen molar-refractivity contribution in [1.82, 2.24) is 4.57 Å². The Labute approximate surface area is 543 Å². The number of nitrogens with zero attached hydrogens (tertiary/aromatic N) is 2. The first kappa shape index (κ1) is 59.2. The molecule has 3 heteroatoms. The first-order valence-corrected chi connectivity index (χ1v) is 32.7. The molecule has 0 radical (unpaired) electrons. The minimum atomic E-state index is -0.420. The Balaban J connectivity index is 0.824. The zero-order valence-corrected chi connectivity index (χ0v) is 53.5. The van der Waals surface area contributed by atoms with E-state index in [4.69, 9.17) is 4.74 Å². The normalized spacial score (nSPS) is 14.1. The van der Waals surface area contributed by atoms with E-state index < -0.39 is 5.41 Å². The molecule has 3 unspecified atom stereocenters. The fourth-order valence-corrected chi connectivity index (χ4v) is 14.2. The second-order valence-corrected chi connectivity index (χ2v) is 26.4. The van der Waals surface area contributed by atoms with Crippen LogP contribution in [0.3, 0.4) is 0 Å². The van der Waals surface area contributed by atoms with Crippen LogP contribution in [0.4, 0.5) is 17.1 Å². The minimum absolute atomic E-state index is 0.0145. The summed E-state index contributed by atoms with van der Waals surface area (Å²) in [5.41, 5.74) is 26.1. The number of hydrogen-bond donors (Lipinski definition) is 0. The molecule has 92 heavy (non-hydrogen) atoms. The van der Waals surface area contributed by atoms with Crippen LogP contribution in [0.15, 0.2) is 298 Å². The van der Waals surface area contributed by atoms with E-state index in [2.05, 4.69) is 342 Å². The molecule has 0 bridgehead atoms. The van der Waals surface area contributed by atoms with Crippen LogP contribution >= 0.6 is 0 Å². The fourth-order valence-electron chi connectivity index (χ4n) is 14.2. The van der Waals surface area contributed by atoms with E-state index in [0.717, 1.165) is 64.5 Å². The maximum Gasteiger partial charge on any atom is 0.119 e. The van der Waals surface area contributed by atoms with E-state index >= 15 is 0 Å². The van der Waals surface area contributed by atoms with E-state index in [0.29, 0.717) is 18.4 Å². The summed E-state index contributed by atoms with van der Waals surface area (Å²) < 4.78 is 8.89. The molecule has 3 atom stereocenters. The smallest absolute Gasteiger partial charge is 0.119 e. The van der Waals surface area contributed by atoms with Gasteiger partial charge in [-0.05, 0) is 204 Å². The highest BCUT2D eigenvalue weighted by molar-refractivity contribution is 6.11. The lowest BCUT2D eigenvalue weighted by molar-refractivity contribution is 0.240. The van der Waals surface area contributed by atoms with E-state index in [1.54, 1.807) is 0 Å². The summed E-state index contributed by atoms with van der Waals surface area (Å²) in [6, 6.07) is 106. The van der Waals surface area contributed by atoms with E-state index in [-0.39, 0.29) is 5.41 Å². The van der Waals surface area contributed by atoms with Crippen molar-refractivity contribution in [2.45, 2.75) is 64.7 Å². The lowest BCUT2D eigenvalue weighted by Gasteiger charge is -2.37. The number of hydrogen-bond acceptors (Lipinski definition) is 2. The van der Waals surface area contributed by atoms with Gasteiger partial charge in [0.25, 0.3) is 0 Å². The van der Waals surface area contributed by atoms with Crippen molar-refractivity contribution in [2.24, 2.45) is 11.8 Å². The van der Waals surface area contributed by atoms with Crippen LogP contribution in [0.2, 0.25) is 0 Å². The molecular weight excluding hydrogens is 1110 g/mol. The number of rotatable bonds is 19. The molecule has 450 valence electrons. The largest absolute Gasteiger partial charge is 0.493 e. The van der Waals surface area contributed by atoms with Gasteiger partial charge >= 0.3 is 0 Å². The highest BCUT2D eigenvalue weighted by atomic mass is 16.5. The standard InChI is InChI=1S/C89H78N2O/c1-8-63-26-30-66(31-27-63)68-38-51-79(52-39-68)92-60-62(4)25-24-61(3)59-89(74-44-42-73(43-45-74)88(5,6)7)84-23-17-16-22-80(84)81-53-50-78(58-85(81)89)90(76-46-34-67(35-47-76)65-18-12-10-13-19-65)77-48-36-70(37-49-77)72-41-55-87-83(57-72)82-56-71(69-32-28-64(9-2)29-33-69)40-54-86(82)91(87)75-20-14-11-15-21-75/h8-23,26-58,61-62H,1-2,24-25,59-60H2,3-7H3. The zero-order valence-electron chi connectivity index (χ0n) is 53.5. The van der Waals surface area contributed by atoms with Crippen LogP contribution < -0.4 is 9.64 Å². The minimum Gasteiger partial charge on any atom is -0.493 e. The van der Waals surface area contributed by atoms with Gasteiger partial charge in [-0.2, -0.15) is 0 Å². The summed E-state index contributed by atoms with van der Waals surface area (Å²) in [5, 5.41) is 2.43. The van der Waals surface area contributed by atoms with Gasteiger partial charge in [0.05, 0.1) is 17.6 Å².